The van der Waals surface area contributed by atoms with E-state index >= 15 is 0 Å². The first kappa shape index (κ1) is 16.0. The Balaban J connectivity index is 2.47. The zero-order chi connectivity index (χ0) is 14.4. The molecule has 0 aromatic rings. The van der Waals surface area contributed by atoms with Crippen LogP contribution in [0.2, 0.25) is 0 Å². The van der Waals surface area contributed by atoms with Crippen molar-refractivity contribution in [2.45, 2.75) is 71.1 Å². The van der Waals surface area contributed by atoms with Crippen LogP contribution in [-0.2, 0) is 14.3 Å². The highest BCUT2D eigenvalue weighted by Gasteiger charge is 2.27. The summed E-state index contributed by atoms with van der Waals surface area (Å²) < 4.78 is 5.89. The van der Waals surface area contributed by atoms with Crippen LogP contribution in [-0.4, -0.2) is 30.1 Å². The van der Waals surface area contributed by atoms with Crippen LogP contribution in [0.4, 0.5) is 0 Å². The lowest BCUT2D eigenvalue weighted by Gasteiger charge is -2.30. The molecule has 0 saturated heterocycles. The van der Waals surface area contributed by atoms with Crippen molar-refractivity contribution >= 4 is 11.8 Å². The number of nitrogens with two attached hydrogens (primary N) is 1. The summed E-state index contributed by atoms with van der Waals surface area (Å²) in [6, 6.07) is -0.657. The molecule has 4 atom stereocenters. The molecule has 0 spiro atoms. The second-order valence-electron chi connectivity index (χ2n) is 5.56. The minimum absolute atomic E-state index is 0.156. The van der Waals surface area contributed by atoms with E-state index in [2.05, 4.69) is 12.2 Å². The number of carbonyl (C=O) groups is 2. The van der Waals surface area contributed by atoms with Gasteiger partial charge < -0.3 is 15.8 Å². The fraction of sp³-hybridized carbons (Fsp3) is 0.857. The molecule has 1 aliphatic carbocycles. The van der Waals surface area contributed by atoms with Crippen molar-refractivity contribution in [1.29, 1.82) is 0 Å². The fourth-order valence-corrected chi connectivity index (χ4v) is 2.46. The molecule has 0 aromatic heterocycles. The molecule has 3 N–H and O–H groups in total. The van der Waals surface area contributed by atoms with Gasteiger partial charge in [-0.25, -0.2) is 0 Å². The smallest absolute Gasteiger partial charge is 0.249 e. The quantitative estimate of drug-likeness (QED) is 0.764. The van der Waals surface area contributed by atoms with Crippen molar-refractivity contribution in [2.24, 2.45) is 11.7 Å². The van der Waals surface area contributed by atoms with Gasteiger partial charge in [0, 0.05) is 0 Å². The highest BCUT2D eigenvalue weighted by atomic mass is 16.5. The van der Waals surface area contributed by atoms with Crippen molar-refractivity contribution < 1.29 is 14.3 Å². The molecule has 1 fully saturated rings. The van der Waals surface area contributed by atoms with Gasteiger partial charge in [-0.05, 0) is 32.1 Å². The lowest BCUT2D eigenvalue weighted by molar-refractivity contribution is -0.141. The Morgan fingerprint density at radius 3 is 2.63 bits per heavy atom. The van der Waals surface area contributed by atoms with E-state index in [0.29, 0.717) is 12.3 Å². The highest BCUT2D eigenvalue weighted by Crippen LogP contribution is 2.26. The highest BCUT2D eigenvalue weighted by molar-refractivity contribution is 5.88. The van der Waals surface area contributed by atoms with Crippen LogP contribution < -0.4 is 11.1 Å². The fourth-order valence-electron chi connectivity index (χ4n) is 2.46. The Bertz CT molecular complexity index is 320. The Morgan fingerprint density at radius 2 is 2.11 bits per heavy atom. The maximum Gasteiger partial charge on any atom is 0.249 e. The summed E-state index contributed by atoms with van der Waals surface area (Å²) >= 11 is 0. The predicted octanol–water partition coefficient (Wildman–Crippen LogP) is 1.35. The van der Waals surface area contributed by atoms with E-state index < -0.39 is 18.1 Å². The summed E-state index contributed by atoms with van der Waals surface area (Å²) in [6.45, 7) is 5.70. The molecule has 2 amide bonds. The second-order valence-corrected chi connectivity index (χ2v) is 5.56. The Morgan fingerprint density at radius 1 is 1.42 bits per heavy atom. The molecule has 0 unspecified atom stereocenters. The first-order valence-corrected chi connectivity index (χ1v) is 7.19. The van der Waals surface area contributed by atoms with Crippen LogP contribution in [0.15, 0.2) is 0 Å². The molecule has 1 aliphatic rings. The third-order valence-electron chi connectivity index (χ3n) is 3.69. The number of nitrogens with one attached hydrogen (secondary N) is 1. The average Bonchev–Trinajstić information content (AvgIpc) is 2.35. The summed E-state index contributed by atoms with van der Waals surface area (Å²) in [5, 5.41) is 2.59. The van der Waals surface area contributed by atoms with Crippen molar-refractivity contribution in [1.82, 2.24) is 5.32 Å². The molecule has 1 rings (SSSR count). The van der Waals surface area contributed by atoms with E-state index in [-0.39, 0.29) is 12.0 Å². The third-order valence-corrected chi connectivity index (χ3v) is 3.69. The number of amides is 2. The van der Waals surface area contributed by atoms with Crippen LogP contribution >= 0.6 is 0 Å². The largest absolute Gasteiger partial charge is 0.368 e. The van der Waals surface area contributed by atoms with Gasteiger partial charge in [0.1, 0.15) is 12.1 Å². The topological polar surface area (TPSA) is 81.4 Å². The molecular formula is C14H26N2O3. The van der Waals surface area contributed by atoms with E-state index in [0.717, 1.165) is 19.3 Å². The molecule has 0 radical (unpaired) electrons. The maximum atomic E-state index is 12.0. The molecular weight excluding hydrogens is 244 g/mol. The third kappa shape index (κ3) is 5.19. The summed E-state index contributed by atoms with van der Waals surface area (Å²) in [6.07, 6.45) is 4.68. The van der Waals surface area contributed by atoms with Crippen molar-refractivity contribution in [2.75, 3.05) is 0 Å². The number of carbonyl (C=O) groups excluding carboxylic acids is 2. The van der Waals surface area contributed by atoms with E-state index in [1.807, 2.05) is 6.92 Å². The van der Waals surface area contributed by atoms with Crippen LogP contribution in [0.1, 0.15) is 52.9 Å². The molecule has 110 valence electrons. The average molecular weight is 270 g/mol. The van der Waals surface area contributed by atoms with E-state index in [4.69, 9.17) is 10.5 Å². The Kier molecular flexibility index (Phi) is 6.28. The SMILES string of the molecule is CC[C@H](O[C@@H]1CCC[C@@H](C)C1)C(=O)N[C@H](C)C(N)=O. The lowest BCUT2D eigenvalue weighted by atomic mass is 9.88. The molecule has 0 heterocycles. The van der Waals surface area contributed by atoms with Crippen LogP contribution in [0.5, 0.6) is 0 Å². The number of rotatable bonds is 6. The first-order chi connectivity index (χ1) is 8.93. The van der Waals surface area contributed by atoms with Crippen molar-refractivity contribution in [3.05, 3.63) is 0 Å². The standard InChI is InChI=1S/C14H26N2O3/c1-4-12(14(18)16-10(3)13(15)17)19-11-7-5-6-9(2)8-11/h9-12H,4-8H2,1-3H3,(H2,15,17)(H,16,18)/t9-,10-,11-,12+/m1/s1. The zero-order valence-electron chi connectivity index (χ0n) is 12.1. The molecule has 5 nitrogen and oxygen atoms in total. The minimum Gasteiger partial charge on any atom is -0.368 e. The van der Waals surface area contributed by atoms with Crippen molar-refractivity contribution in [3.8, 4) is 0 Å². The van der Waals surface area contributed by atoms with Gasteiger partial charge in [-0.2, -0.15) is 0 Å². The lowest BCUT2D eigenvalue weighted by Crippen LogP contribution is -2.47. The Hall–Kier alpha value is -1.10. The monoisotopic (exact) mass is 270 g/mol. The van der Waals surface area contributed by atoms with Gasteiger partial charge in [-0.1, -0.05) is 26.7 Å². The normalized spacial score (nSPS) is 26.5. The molecule has 5 heteroatoms. The minimum atomic E-state index is -0.657. The molecule has 0 aromatic carbocycles. The number of primary amides is 1. The summed E-state index contributed by atoms with van der Waals surface area (Å²) in [5.41, 5.74) is 5.13. The number of hydrogen-bond acceptors (Lipinski definition) is 3. The Labute approximate surface area is 115 Å². The zero-order valence-corrected chi connectivity index (χ0v) is 12.1. The van der Waals surface area contributed by atoms with Gasteiger partial charge in [0.25, 0.3) is 0 Å². The van der Waals surface area contributed by atoms with Gasteiger partial charge in [-0.3, -0.25) is 9.59 Å². The van der Waals surface area contributed by atoms with Crippen LogP contribution in [0, 0.1) is 5.92 Å². The molecule has 0 bridgehead atoms. The number of hydrogen-bond donors (Lipinski definition) is 2. The van der Waals surface area contributed by atoms with Crippen molar-refractivity contribution in [3.63, 3.8) is 0 Å². The van der Waals surface area contributed by atoms with Crippen LogP contribution in [0.3, 0.4) is 0 Å². The van der Waals surface area contributed by atoms with Gasteiger partial charge >= 0.3 is 0 Å². The summed E-state index contributed by atoms with van der Waals surface area (Å²) in [5.74, 6) is -0.120. The molecule has 0 aliphatic heterocycles. The molecule has 19 heavy (non-hydrogen) atoms. The van der Waals surface area contributed by atoms with Crippen LogP contribution in [0.25, 0.3) is 0 Å². The van der Waals surface area contributed by atoms with Gasteiger partial charge in [0.2, 0.25) is 11.8 Å². The maximum absolute atomic E-state index is 12.0. The molecule has 1 saturated carbocycles. The predicted molar refractivity (Wildman–Crippen MR) is 73.4 cm³/mol. The number of ether oxygens (including phenoxy) is 1. The summed E-state index contributed by atoms with van der Waals surface area (Å²) in [4.78, 5) is 22.9. The van der Waals surface area contributed by atoms with E-state index in [1.54, 1.807) is 6.92 Å². The van der Waals surface area contributed by atoms with Gasteiger partial charge in [0.15, 0.2) is 0 Å². The van der Waals surface area contributed by atoms with Gasteiger partial charge in [0.05, 0.1) is 6.10 Å². The van der Waals surface area contributed by atoms with Gasteiger partial charge in [-0.15, -0.1) is 0 Å². The second kappa shape index (κ2) is 7.48. The summed E-state index contributed by atoms with van der Waals surface area (Å²) in [7, 11) is 0. The van der Waals surface area contributed by atoms with E-state index in [9.17, 15) is 9.59 Å². The van der Waals surface area contributed by atoms with E-state index in [1.165, 1.54) is 6.42 Å². The first-order valence-electron chi connectivity index (χ1n) is 7.19.